The van der Waals surface area contributed by atoms with E-state index in [1.54, 1.807) is 72.0 Å². The number of methoxy groups -OCH3 is 2. The van der Waals surface area contributed by atoms with Crippen LogP contribution in [0.15, 0.2) is 148 Å². The number of nitrogens with zero attached hydrogens (tertiary/aromatic N) is 14. The summed E-state index contributed by atoms with van der Waals surface area (Å²) >= 11 is 0. The Morgan fingerprint density at radius 2 is 0.705 bits per heavy atom. The van der Waals surface area contributed by atoms with Gasteiger partial charge in [0.05, 0.1) is 38.9 Å². The van der Waals surface area contributed by atoms with Crippen molar-refractivity contribution >= 4 is 116 Å². The zero-order chi connectivity index (χ0) is 96.6. The van der Waals surface area contributed by atoms with Gasteiger partial charge in [0, 0.05) is 112 Å². The molecule has 12 rings (SSSR count). The van der Waals surface area contributed by atoms with E-state index in [9.17, 15) is 70.4 Å². The molecular formula is C85H104F4N22O14S4. The van der Waals surface area contributed by atoms with E-state index in [0.29, 0.717) is 34.1 Å². The monoisotopic (exact) mass is 1860 g/mol. The Balaban J connectivity index is 0.000000194. The highest BCUT2D eigenvalue weighted by Gasteiger charge is 2.53. The lowest BCUT2D eigenvalue weighted by Gasteiger charge is -2.29. The molecule has 0 spiro atoms. The van der Waals surface area contributed by atoms with Crippen molar-refractivity contribution in [1.82, 2.24) is 42.1 Å². The van der Waals surface area contributed by atoms with Gasteiger partial charge in [0.2, 0.25) is 51.7 Å². The van der Waals surface area contributed by atoms with Gasteiger partial charge in [-0.3, -0.25) is 49.1 Å². The lowest BCUT2D eigenvalue weighted by Crippen LogP contribution is -2.50. The number of carbonyl (C=O) groups is 4. The number of carbonyl (C=O) groups excluding carboxylic acids is 4. The zero-order valence-electron chi connectivity index (χ0n) is 74.9. The molecule has 0 saturated heterocycles. The Hall–Kier alpha value is -12.4. The first-order chi connectivity index (χ1) is 59.5. The second-order valence-electron chi connectivity index (χ2n) is 33.9. The van der Waals surface area contributed by atoms with Crippen LogP contribution in [0, 0.1) is 50.6 Å². The first-order valence-corrected chi connectivity index (χ1v) is 45.2. The minimum atomic E-state index is -3.84. The maximum absolute atomic E-state index is 15.0. The molecule has 4 atom stereocenters. The number of nitrogens with one attached hydrogen (secondary N) is 4. The fraction of sp³-hybridized carbons (Fsp3) is 0.388. The number of likely N-dealkylation sites (N-methyl/N-ethyl adjacent to an activating group) is 4. The number of anilines is 4. The highest BCUT2D eigenvalue weighted by molar-refractivity contribution is 7.92. The molecule has 0 fully saturated rings. The minimum absolute atomic E-state index is 0.0797. The molecule has 4 aliphatic heterocycles. The number of amides is 4. The molecule has 36 nitrogen and oxygen atoms in total. The van der Waals surface area contributed by atoms with Crippen molar-refractivity contribution in [2.45, 2.75) is 145 Å². The molecule has 8 heterocycles. The second-order valence-corrected chi connectivity index (χ2v) is 44.3. The van der Waals surface area contributed by atoms with E-state index in [-0.39, 0.29) is 112 Å². The molecule has 44 heteroatoms. The van der Waals surface area contributed by atoms with Crippen LogP contribution in [0.2, 0.25) is 0 Å². The quantitative estimate of drug-likeness (QED) is 0.0371. The third kappa shape index (κ3) is 20.2. The molecule has 12 N–H and O–H groups in total. The van der Waals surface area contributed by atoms with Gasteiger partial charge in [0.1, 0.15) is 116 Å². The molecule has 4 amide bonds. The number of nitrogens with two attached hydrogens (primary N) is 4. The van der Waals surface area contributed by atoms with Crippen molar-refractivity contribution in [3.8, 4) is 11.6 Å². The van der Waals surface area contributed by atoms with Gasteiger partial charge in [-0.2, -0.15) is 0 Å². The summed E-state index contributed by atoms with van der Waals surface area (Å²) in [4.78, 5) is 91.9. The number of pyridine rings is 3. The van der Waals surface area contributed by atoms with Gasteiger partial charge in [0.15, 0.2) is 0 Å². The van der Waals surface area contributed by atoms with Crippen LogP contribution < -0.4 is 53.7 Å². The molecule has 0 bridgehead atoms. The number of rotatable bonds is 14. The maximum Gasteiger partial charge on any atom is 0.276 e. The predicted molar refractivity (Wildman–Crippen MR) is 484 cm³/mol. The molecule has 0 aliphatic carbocycles. The first-order valence-electron chi connectivity index (χ1n) is 39.4. The lowest BCUT2D eigenvalue weighted by molar-refractivity contribution is 0.101. The number of aryl methyl sites for hydroxylation is 3. The summed E-state index contributed by atoms with van der Waals surface area (Å²) in [6, 6.07) is 24.0. The molecule has 4 aliphatic rings. The summed E-state index contributed by atoms with van der Waals surface area (Å²) in [6.45, 7) is 29.7. The van der Waals surface area contributed by atoms with Gasteiger partial charge in [-0.1, -0.05) is 6.07 Å². The average molecular weight is 1860 g/mol. The van der Waals surface area contributed by atoms with Crippen molar-refractivity contribution < 1.29 is 79.9 Å². The maximum atomic E-state index is 15.0. The highest BCUT2D eigenvalue weighted by Crippen LogP contribution is 2.43. The van der Waals surface area contributed by atoms with Crippen molar-refractivity contribution in [1.29, 1.82) is 0 Å². The van der Waals surface area contributed by atoms with Crippen molar-refractivity contribution in [2.75, 3.05) is 89.9 Å². The van der Waals surface area contributed by atoms with Crippen molar-refractivity contribution in [3.63, 3.8) is 0 Å². The number of aromatic nitrogens is 5. The number of halogens is 4. The molecular weight excluding hydrogens is 1760 g/mol. The number of sulfonamides is 4. The van der Waals surface area contributed by atoms with Gasteiger partial charge < -0.3 is 53.7 Å². The number of hydrogen-bond donors (Lipinski definition) is 8. The van der Waals surface area contributed by atoms with Crippen LogP contribution in [0.25, 0.3) is 4.85 Å². The van der Waals surface area contributed by atoms with Crippen LogP contribution in [0.1, 0.15) is 164 Å². The minimum Gasteiger partial charge on any atom is -0.495 e. The Bertz CT molecular complexity index is 6440. The van der Waals surface area contributed by atoms with Crippen LogP contribution >= 0.6 is 0 Å². The van der Waals surface area contributed by atoms with Gasteiger partial charge in [-0.05, 0) is 212 Å². The topological polar surface area (TPSA) is 507 Å². The average Bonchev–Trinajstić information content (AvgIpc) is 1.62. The molecule has 4 aromatic heterocycles. The standard InChI is InChI=1S/C22H25FN6O3S.C21H27FN6O4S.C21H26FN5O4S.C21H26FN5O3S/c1-13-9-15(25-5)11-26-18(13)19(30)27-14-7-8-17(23)16(10-14)22(4)12-29(6)33(31,32)21(2,3)20(24)28-22;1-12-17(24-10-16(25-12)32-6)18(29)26-13-7-8-15(22)14(9-13)21(4)11-28(5)33(30,31)20(2,3)19(23)27-21;1-20(2)19(23)26-21(3,12-27(4)32(20,29)30)15-10-13(6-8-16(15)22)25-18(28)17-9-7-14(31-5)11-24-17;1-13-6-9-17(24-11-13)18(28)25-14-7-8-16(22)15(10-14)21(4)12-27(5)31(29,30)20(2,3)19(23)26-21/h7-11H,12H2,1-4,6H3,(H2,24,28)(H,27,30);7-10H,11H2,1-6H3,(H2,23,27)(H,26,29);6-11H,12H2,1-5H3,(H2,23,26)(H,25,28);6-11H,12H2,1-5H3,(H2,23,26)(H,25,28)/t22-;3*21-/m0000/s1. The summed E-state index contributed by atoms with van der Waals surface area (Å²) < 4.78 is 171. The predicted octanol–water partition coefficient (Wildman–Crippen LogP) is 9.29. The summed E-state index contributed by atoms with van der Waals surface area (Å²) in [7, 11) is -6.75. The molecule has 690 valence electrons. The number of amidine groups is 4. The van der Waals surface area contributed by atoms with E-state index in [1.165, 1.54) is 195 Å². The Labute approximate surface area is 747 Å². The molecule has 0 unspecified atom stereocenters. The number of aliphatic imine (C=N–C) groups is 4. The second kappa shape index (κ2) is 37.0. The summed E-state index contributed by atoms with van der Waals surface area (Å²) in [5.74, 6) is -4.18. The van der Waals surface area contributed by atoms with Crippen molar-refractivity contribution in [3.05, 3.63) is 224 Å². The SMILES string of the molecule is COc1ccc(C(=O)Nc2ccc(F)c([C@]3(C)CN(C)S(=O)(=O)C(C)(C)C(N)=N3)c2)nc1.COc1cnc(C(=O)Nc2ccc(F)c([C@]3(C)CN(C)S(=O)(=O)C(C)(C)C(N)=N3)c2)c(C)n1.Cc1ccc(C(=O)Nc2ccc(F)c([C@]3(C)CN(C)S(=O)(=O)C(C)(C)C(N)=N3)c2)nc1.[C-]#[N+]c1cnc(C(=O)Nc2ccc(F)c([C@]3(C)CN(C)S(=O)(=O)C(C)(C)C(N)=N3)c2)c(C)c1. The van der Waals surface area contributed by atoms with E-state index >= 15 is 0 Å². The molecule has 0 saturated carbocycles. The van der Waals surface area contributed by atoms with Crippen LogP contribution in [-0.2, 0) is 62.2 Å². The first kappa shape index (κ1) is 100. The number of benzene rings is 4. The van der Waals surface area contributed by atoms with E-state index in [0.717, 1.165) is 22.8 Å². The van der Waals surface area contributed by atoms with Crippen molar-refractivity contribution in [2.24, 2.45) is 42.9 Å². The Kier molecular flexibility index (Phi) is 28.8. The fourth-order valence-corrected chi connectivity index (χ4v) is 20.2. The summed E-state index contributed by atoms with van der Waals surface area (Å²) in [5.41, 5.74) is 23.2. The zero-order valence-corrected chi connectivity index (χ0v) is 78.1. The van der Waals surface area contributed by atoms with Gasteiger partial charge in [0.25, 0.3) is 23.6 Å². The van der Waals surface area contributed by atoms with E-state index in [2.05, 4.69) is 71.0 Å². The van der Waals surface area contributed by atoms with E-state index < -0.39 is 128 Å². The third-order valence-electron chi connectivity index (χ3n) is 22.6. The van der Waals surface area contributed by atoms with Crippen LogP contribution in [-0.4, -0.2) is 210 Å². The number of ether oxygens (including phenoxy) is 2. The summed E-state index contributed by atoms with van der Waals surface area (Å²) in [5, 5.41) is 10.7. The lowest BCUT2D eigenvalue weighted by atomic mass is 9.91. The van der Waals surface area contributed by atoms with Gasteiger partial charge in [-0.25, -0.2) is 88.3 Å². The van der Waals surface area contributed by atoms with E-state index in [1.807, 2.05) is 6.92 Å². The smallest absolute Gasteiger partial charge is 0.276 e. The normalized spacial score (nSPS) is 22.4. The van der Waals surface area contributed by atoms with Crippen LogP contribution in [0.3, 0.4) is 0 Å². The largest absolute Gasteiger partial charge is 0.495 e. The van der Waals surface area contributed by atoms with E-state index in [4.69, 9.17) is 39.0 Å². The molecule has 8 aromatic rings. The van der Waals surface area contributed by atoms with Gasteiger partial charge >= 0.3 is 0 Å². The van der Waals surface area contributed by atoms with Crippen LogP contribution in [0.5, 0.6) is 11.6 Å². The summed E-state index contributed by atoms with van der Waals surface area (Å²) in [6.07, 6.45) is 5.60. The van der Waals surface area contributed by atoms with Crippen LogP contribution in [0.4, 0.5) is 46.0 Å². The number of hydrogen-bond acceptors (Lipinski definition) is 27. The van der Waals surface area contributed by atoms with Gasteiger partial charge in [-0.15, -0.1) is 0 Å². The third-order valence-corrected chi connectivity index (χ3v) is 32.4. The Morgan fingerprint density at radius 1 is 0.403 bits per heavy atom. The molecule has 4 aromatic carbocycles. The Morgan fingerprint density at radius 3 is 0.977 bits per heavy atom. The molecule has 0 radical (unpaired) electrons. The molecule has 129 heavy (non-hydrogen) atoms. The highest BCUT2D eigenvalue weighted by atomic mass is 32.2. The fourth-order valence-electron chi connectivity index (χ4n) is 14.2.